The molecule has 2 heterocycles. The van der Waals surface area contributed by atoms with Gasteiger partial charge in [-0.05, 0) is 98.5 Å². The average Bonchev–Trinajstić information content (AvgIpc) is 3.57. The van der Waals surface area contributed by atoms with E-state index in [0.717, 1.165) is 78.0 Å². The Bertz CT molecular complexity index is 2550. The van der Waals surface area contributed by atoms with Gasteiger partial charge >= 0.3 is 6.18 Å². The first kappa shape index (κ1) is 31.0. The molecule has 0 saturated carbocycles. The fraction of sp³-hybridized carbons (Fsp3) is 0.116. The van der Waals surface area contributed by atoms with Gasteiger partial charge in [0.05, 0.1) is 62.3 Å². The lowest BCUT2D eigenvalue weighted by molar-refractivity contribution is -0.137. The van der Waals surface area contributed by atoms with Crippen LogP contribution in [0, 0.1) is 50.4 Å². The van der Waals surface area contributed by atoms with Crippen LogP contribution in [0.3, 0.4) is 0 Å². The fourth-order valence-corrected chi connectivity index (χ4v) is 7.33. The van der Waals surface area contributed by atoms with Crippen LogP contribution in [-0.2, 0) is 6.18 Å². The zero-order chi connectivity index (χ0) is 35.1. The lowest BCUT2D eigenvalue weighted by atomic mass is 9.93. The summed E-state index contributed by atoms with van der Waals surface area (Å²) in [4.78, 5) is 0. The highest BCUT2D eigenvalue weighted by Gasteiger charge is 2.32. The van der Waals surface area contributed by atoms with Crippen LogP contribution in [0.15, 0.2) is 103 Å². The molecule has 8 rings (SSSR count). The van der Waals surface area contributed by atoms with Crippen LogP contribution in [0.4, 0.5) is 13.2 Å². The Morgan fingerprint density at radius 3 is 1.24 bits per heavy atom. The molecule has 50 heavy (non-hydrogen) atoms. The second kappa shape index (κ2) is 11.1. The van der Waals surface area contributed by atoms with Crippen LogP contribution >= 0.6 is 0 Å². The van der Waals surface area contributed by atoms with Gasteiger partial charge in [-0.15, -0.1) is 0 Å². The third-order valence-corrected chi connectivity index (χ3v) is 9.60. The van der Waals surface area contributed by atoms with E-state index >= 15 is 0 Å². The normalized spacial score (nSPS) is 11.9. The average molecular weight is 659 g/mol. The van der Waals surface area contributed by atoms with Crippen molar-refractivity contribution in [2.45, 2.75) is 33.9 Å². The summed E-state index contributed by atoms with van der Waals surface area (Å²) < 4.78 is 46.3. The van der Waals surface area contributed by atoms with E-state index in [4.69, 9.17) is 0 Å². The standard InChI is InChI=1S/C43H29F3N4/c1-24-5-10-32-33-11-6-25(2)16-37(33)49(36(32)15-24)40-19-28(22-47)20-41(42(40)31-14-9-30(43(44,45)46)21-29(31)23-48)50-38-17-26(3)7-12-34(38)35-13-8-27(4)18-39(35)50/h5-21H,1-4H3. The predicted molar refractivity (Wildman–Crippen MR) is 194 cm³/mol. The van der Waals surface area contributed by atoms with Crippen molar-refractivity contribution in [3.63, 3.8) is 0 Å². The Morgan fingerprint density at radius 2 is 0.900 bits per heavy atom. The summed E-state index contributed by atoms with van der Waals surface area (Å²) in [5.74, 6) is 0. The molecule has 7 heteroatoms. The van der Waals surface area contributed by atoms with E-state index in [0.29, 0.717) is 28.1 Å². The number of alkyl halides is 3. The van der Waals surface area contributed by atoms with Gasteiger partial charge in [0.1, 0.15) is 0 Å². The summed E-state index contributed by atoms with van der Waals surface area (Å²) in [5.41, 5.74) is 9.02. The van der Waals surface area contributed by atoms with E-state index in [9.17, 15) is 23.7 Å². The smallest absolute Gasteiger partial charge is 0.308 e. The molecule has 0 N–H and O–H groups in total. The van der Waals surface area contributed by atoms with Crippen molar-refractivity contribution >= 4 is 43.6 Å². The molecule has 0 saturated heterocycles. The highest BCUT2D eigenvalue weighted by atomic mass is 19.4. The summed E-state index contributed by atoms with van der Waals surface area (Å²) in [6.07, 6.45) is -4.63. The van der Waals surface area contributed by atoms with Gasteiger partial charge in [0.15, 0.2) is 0 Å². The van der Waals surface area contributed by atoms with Gasteiger partial charge in [0.2, 0.25) is 0 Å². The van der Waals surface area contributed by atoms with E-state index < -0.39 is 11.7 Å². The van der Waals surface area contributed by atoms with Gasteiger partial charge in [-0.1, -0.05) is 54.6 Å². The number of aromatic nitrogens is 2. The Labute approximate surface area is 286 Å². The molecule has 0 fully saturated rings. The zero-order valence-electron chi connectivity index (χ0n) is 27.7. The van der Waals surface area contributed by atoms with Crippen LogP contribution < -0.4 is 0 Å². The fourth-order valence-electron chi connectivity index (χ4n) is 7.33. The third kappa shape index (κ3) is 4.74. The number of fused-ring (bicyclic) bond motifs is 6. The first-order valence-corrected chi connectivity index (χ1v) is 16.2. The Hall–Kier alpha value is -6.31. The van der Waals surface area contributed by atoms with E-state index in [-0.39, 0.29) is 5.56 Å². The molecule has 4 nitrogen and oxygen atoms in total. The van der Waals surface area contributed by atoms with Crippen molar-refractivity contribution in [3.8, 4) is 34.6 Å². The highest BCUT2D eigenvalue weighted by molar-refractivity contribution is 6.12. The maximum absolute atomic E-state index is 14.0. The minimum absolute atomic E-state index is 0.117. The molecule has 0 unspecified atom stereocenters. The minimum atomic E-state index is -4.63. The molecule has 242 valence electrons. The largest absolute Gasteiger partial charge is 0.416 e. The van der Waals surface area contributed by atoms with Crippen molar-refractivity contribution < 1.29 is 13.2 Å². The lowest BCUT2D eigenvalue weighted by Crippen LogP contribution is -2.08. The maximum atomic E-state index is 14.0. The van der Waals surface area contributed by atoms with Gasteiger partial charge < -0.3 is 9.13 Å². The van der Waals surface area contributed by atoms with Gasteiger partial charge in [0, 0.05) is 32.7 Å². The third-order valence-electron chi connectivity index (χ3n) is 9.60. The Kier molecular flexibility index (Phi) is 6.89. The van der Waals surface area contributed by atoms with Gasteiger partial charge in [0.25, 0.3) is 0 Å². The van der Waals surface area contributed by atoms with Crippen molar-refractivity contribution in [1.82, 2.24) is 9.13 Å². The second-order valence-corrected chi connectivity index (χ2v) is 13.1. The molecule has 0 amide bonds. The summed E-state index contributed by atoms with van der Waals surface area (Å²) >= 11 is 0. The molecule has 0 spiro atoms. The van der Waals surface area contributed by atoms with E-state index in [1.807, 2.05) is 27.7 Å². The minimum Gasteiger partial charge on any atom is -0.308 e. The number of halogens is 3. The topological polar surface area (TPSA) is 57.4 Å². The molecule has 0 aliphatic rings. The van der Waals surface area contributed by atoms with Crippen molar-refractivity contribution in [1.29, 1.82) is 10.5 Å². The van der Waals surface area contributed by atoms with E-state index in [1.165, 1.54) is 6.07 Å². The quantitative estimate of drug-likeness (QED) is 0.190. The molecular formula is C43H29F3N4. The SMILES string of the molecule is Cc1ccc2c3ccc(C)cc3n(-c3cc(C#N)cc(-n4c5cc(C)ccc5c5ccc(C)cc54)c3-c3ccc(C(F)(F)F)cc3C#N)c2c1. The van der Waals surface area contributed by atoms with Crippen LogP contribution in [0.5, 0.6) is 0 Å². The Balaban J connectivity index is 1.64. The predicted octanol–water partition coefficient (Wildman–Crippen LogP) is 11.5. The van der Waals surface area contributed by atoms with Crippen molar-refractivity contribution in [2.75, 3.05) is 0 Å². The van der Waals surface area contributed by atoms with E-state index in [1.54, 1.807) is 12.1 Å². The number of hydrogen-bond donors (Lipinski definition) is 0. The van der Waals surface area contributed by atoms with Crippen molar-refractivity contribution in [3.05, 3.63) is 142 Å². The van der Waals surface area contributed by atoms with Crippen LogP contribution in [0.2, 0.25) is 0 Å². The summed E-state index contributed by atoms with van der Waals surface area (Å²) in [6, 6.07) is 36.2. The summed E-state index contributed by atoms with van der Waals surface area (Å²) in [6.45, 7) is 8.04. The number of benzene rings is 6. The number of nitrogens with zero attached hydrogens (tertiary/aromatic N) is 4. The second-order valence-electron chi connectivity index (χ2n) is 13.1. The number of nitriles is 2. The van der Waals surface area contributed by atoms with Gasteiger partial charge in [-0.2, -0.15) is 23.7 Å². The number of aryl methyl sites for hydroxylation is 4. The lowest BCUT2D eigenvalue weighted by Gasteiger charge is -2.22. The first-order chi connectivity index (χ1) is 24.0. The van der Waals surface area contributed by atoms with Crippen LogP contribution in [0.25, 0.3) is 66.1 Å². The highest BCUT2D eigenvalue weighted by Crippen LogP contribution is 2.45. The van der Waals surface area contributed by atoms with Crippen molar-refractivity contribution in [2.24, 2.45) is 0 Å². The molecule has 0 bridgehead atoms. The monoisotopic (exact) mass is 658 g/mol. The summed E-state index contributed by atoms with van der Waals surface area (Å²) in [5, 5.41) is 25.0. The van der Waals surface area contributed by atoms with Gasteiger partial charge in [-0.3, -0.25) is 0 Å². The number of hydrogen-bond acceptors (Lipinski definition) is 2. The maximum Gasteiger partial charge on any atom is 0.416 e. The van der Waals surface area contributed by atoms with Gasteiger partial charge in [-0.25, -0.2) is 0 Å². The molecule has 0 aliphatic heterocycles. The summed E-state index contributed by atoms with van der Waals surface area (Å²) in [7, 11) is 0. The molecule has 2 aromatic heterocycles. The Morgan fingerprint density at radius 1 is 0.500 bits per heavy atom. The molecular weight excluding hydrogens is 629 g/mol. The molecule has 6 aromatic carbocycles. The van der Waals surface area contributed by atoms with E-state index in [2.05, 4.69) is 94.1 Å². The molecule has 8 aromatic rings. The van der Waals surface area contributed by atoms with Crippen LogP contribution in [-0.4, -0.2) is 9.13 Å². The van der Waals surface area contributed by atoms with Crippen LogP contribution in [0.1, 0.15) is 38.9 Å². The number of rotatable bonds is 3. The zero-order valence-corrected chi connectivity index (χ0v) is 27.7. The molecule has 0 aliphatic carbocycles. The first-order valence-electron chi connectivity index (χ1n) is 16.2. The molecule has 0 radical (unpaired) electrons. The molecule has 0 atom stereocenters.